The van der Waals surface area contributed by atoms with Crippen LogP contribution in [0.2, 0.25) is 0 Å². The highest BCUT2D eigenvalue weighted by Crippen LogP contribution is 2.22. The monoisotopic (exact) mass is 209 g/mol. The van der Waals surface area contributed by atoms with Gasteiger partial charge in [-0.25, -0.2) is 9.97 Å². The smallest absolute Gasteiger partial charge is 0.155 e. The van der Waals surface area contributed by atoms with Crippen LogP contribution in [0.4, 0.5) is 0 Å². The van der Waals surface area contributed by atoms with Crippen LogP contribution in [0.25, 0.3) is 0 Å². The van der Waals surface area contributed by atoms with E-state index in [2.05, 4.69) is 9.97 Å². The predicted molar refractivity (Wildman–Crippen MR) is 59.8 cm³/mol. The zero-order valence-electron chi connectivity index (χ0n) is 9.62. The first-order valence-electron chi connectivity index (χ1n) is 5.20. The summed E-state index contributed by atoms with van der Waals surface area (Å²) >= 11 is 0. The summed E-state index contributed by atoms with van der Waals surface area (Å²) in [5.41, 5.74) is 6.03. The quantitative estimate of drug-likeness (QED) is 0.788. The Morgan fingerprint density at radius 1 is 1.40 bits per heavy atom. The molecule has 1 aromatic rings. The summed E-state index contributed by atoms with van der Waals surface area (Å²) in [5.74, 6) is 0.920. The number of nitrogens with two attached hydrogens (primary N) is 1. The Labute approximate surface area is 90.6 Å². The van der Waals surface area contributed by atoms with E-state index in [4.69, 9.17) is 5.73 Å². The Balaban J connectivity index is 2.95. The maximum atomic E-state index is 9.56. The number of nitrogens with zero attached hydrogens (tertiary/aromatic N) is 2. The second kappa shape index (κ2) is 4.57. The van der Waals surface area contributed by atoms with Crippen LogP contribution >= 0.6 is 0 Å². The van der Waals surface area contributed by atoms with E-state index in [0.29, 0.717) is 18.7 Å². The molecule has 1 rings (SSSR count). The van der Waals surface area contributed by atoms with Crippen molar-refractivity contribution >= 4 is 0 Å². The number of hydrogen-bond acceptors (Lipinski definition) is 4. The fourth-order valence-corrected chi connectivity index (χ4v) is 1.23. The number of aromatic nitrogens is 2. The average Bonchev–Trinajstić information content (AvgIpc) is 2.15. The van der Waals surface area contributed by atoms with Crippen molar-refractivity contribution in [1.29, 1.82) is 0 Å². The molecule has 0 spiro atoms. The molecule has 0 fully saturated rings. The van der Waals surface area contributed by atoms with E-state index in [1.165, 1.54) is 6.20 Å². The van der Waals surface area contributed by atoms with Crippen molar-refractivity contribution in [2.45, 2.75) is 39.0 Å². The van der Waals surface area contributed by atoms with Crippen LogP contribution in [-0.4, -0.2) is 21.6 Å². The molecule has 1 aromatic heterocycles. The molecule has 4 heteroatoms. The molecular weight excluding hydrogens is 190 g/mol. The fourth-order valence-electron chi connectivity index (χ4n) is 1.23. The van der Waals surface area contributed by atoms with Gasteiger partial charge in [-0.15, -0.1) is 0 Å². The largest absolute Gasteiger partial charge is 0.504 e. The molecule has 15 heavy (non-hydrogen) atoms. The molecule has 4 nitrogen and oxygen atoms in total. The zero-order valence-corrected chi connectivity index (χ0v) is 9.62. The molecule has 84 valence electrons. The Kier molecular flexibility index (Phi) is 3.63. The standard InChI is InChI=1S/C11H19N3O/c1-11(2,3)10-13-7-9(15)8(14-10)5-4-6-12/h7,15H,4-6,12H2,1-3H3. The van der Waals surface area contributed by atoms with Gasteiger partial charge in [-0.1, -0.05) is 20.8 Å². The van der Waals surface area contributed by atoms with Crippen molar-refractivity contribution < 1.29 is 5.11 Å². The van der Waals surface area contributed by atoms with Crippen LogP contribution in [0.1, 0.15) is 38.7 Å². The molecule has 0 aromatic carbocycles. The second-order valence-corrected chi connectivity index (χ2v) is 4.67. The average molecular weight is 209 g/mol. The van der Waals surface area contributed by atoms with Crippen molar-refractivity contribution in [3.63, 3.8) is 0 Å². The first-order valence-corrected chi connectivity index (χ1v) is 5.20. The van der Waals surface area contributed by atoms with Crippen molar-refractivity contribution in [2.75, 3.05) is 6.54 Å². The van der Waals surface area contributed by atoms with Crippen LogP contribution in [0.3, 0.4) is 0 Å². The van der Waals surface area contributed by atoms with Gasteiger partial charge in [-0.3, -0.25) is 0 Å². The SMILES string of the molecule is CC(C)(C)c1ncc(O)c(CCCN)n1. The van der Waals surface area contributed by atoms with Gasteiger partial charge in [0.05, 0.1) is 11.9 Å². The molecule has 3 N–H and O–H groups in total. The van der Waals surface area contributed by atoms with Gasteiger partial charge in [0.2, 0.25) is 0 Å². The lowest BCUT2D eigenvalue weighted by atomic mass is 9.95. The predicted octanol–water partition coefficient (Wildman–Crippen LogP) is 1.37. The minimum absolute atomic E-state index is 0.0921. The van der Waals surface area contributed by atoms with Crippen molar-refractivity contribution in [3.05, 3.63) is 17.7 Å². The van der Waals surface area contributed by atoms with Crippen LogP contribution in [0, 0.1) is 0 Å². The Bertz CT molecular complexity index is 331. The van der Waals surface area contributed by atoms with Gasteiger partial charge in [-0.05, 0) is 19.4 Å². The third-order valence-corrected chi connectivity index (χ3v) is 2.13. The first-order chi connectivity index (χ1) is 6.95. The summed E-state index contributed by atoms with van der Waals surface area (Å²) in [6.07, 6.45) is 3.00. The molecule has 1 heterocycles. The molecule has 0 saturated heterocycles. The van der Waals surface area contributed by atoms with E-state index >= 15 is 0 Å². The van der Waals surface area contributed by atoms with Gasteiger partial charge in [0, 0.05) is 5.41 Å². The molecule has 0 saturated carbocycles. The highest BCUT2D eigenvalue weighted by atomic mass is 16.3. The molecule has 0 unspecified atom stereocenters. The lowest BCUT2D eigenvalue weighted by Crippen LogP contribution is -2.17. The molecule has 0 bridgehead atoms. The minimum atomic E-state index is -0.0921. The van der Waals surface area contributed by atoms with E-state index in [0.717, 1.165) is 12.2 Å². The Morgan fingerprint density at radius 2 is 2.07 bits per heavy atom. The number of aryl methyl sites for hydroxylation is 1. The number of aromatic hydroxyl groups is 1. The minimum Gasteiger partial charge on any atom is -0.504 e. The van der Waals surface area contributed by atoms with E-state index in [9.17, 15) is 5.11 Å². The summed E-state index contributed by atoms with van der Waals surface area (Å²) in [5, 5.41) is 9.56. The van der Waals surface area contributed by atoms with Crippen LogP contribution in [0.15, 0.2) is 6.20 Å². The van der Waals surface area contributed by atoms with Gasteiger partial charge in [-0.2, -0.15) is 0 Å². The third-order valence-electron chi connectivity index (χ3n) is 2.13. The van der Waals surface area contributed by atoms with Gasteiger partial charge >= 0.3 is 0 Å². The molecule has 0 amide bonds. The van der Waals surface area contributed by atoms with Gasteiger partial charge in [0.25, 0.3) is 0 Å². The normalized spacial score (nSPS) is 11.7. The maximum Gasteiger partial charge on any atom is 0.155 e. The molecule has 0 aliphatic rings. The molecule has 0 aliphatic carbocycles. The van der Waals surface area contributed by atoms with E-state index in [-0.39, 0.29) is 11.2 Å². The lowest BCUT2D eigenvalue weighted by molar-refractivity contribution is 0.451. The van der Waals surface area contributed by atoms with E-state index in [1.54, 1.807) is 0 Å². The van der Waals surface area contributed by atoms with Gasteiger partial charge in [0.15, 0.2) is 5.75 Å². The first kappa shape index (κ1) is 11.9. The summed E-state index contributed by atoms with van der Waals surface area (Å²) in [6, 6.07) is 0. The van der Waals surface area contributed by atoms with Gasteiger partial charge < -0.3 is 10.8 Å². The molecule has 0 atom stereocenters. The summed E-state index contributed by atoms with van der Waals surface area (Å²) in [6.45, 7) is 6.75. The van der Waals surface area contributed by atoms with Crippen molar-refractivity contribution in [2.24, 2.45) is 5.73 Å². The summed E-state index contributed by atoms with van der Waals surface area (Å²) in [7, 11) is 0. The van der Waals surface area contributed by atoms with Crippen LogP contribution < -0.4 is 5.73 Å². The highest BCUT2D eigenvalue weighted by Gasteiger charge is 2.18. The summed E-state index contributed by atoms with van der Waals surface area (Å²) in [4.78, 5) is 8.49. The molecule has 0 radical (unpaired) electrons. The highest BCUT2D eigenvalue weighted by molar-refractivity contribution is 5.24. The second-order valence-electron chi connectivity index (χ2n) is 4.67. The van der Waals surface area contributed by atoms with Crippen LogP contribution in [-0.2, 0) is 11.8 Å². The van der Waals surface area contributed by atoms with E-state index in [1.807, 2.05) is 20.8 Å². The van der Waals surface area contributed by atoms with E-state index < -0.39 is 0 Å². The summed E-state index contributed by atoms with van der Waals surface area (Å²) < 4.78 is 0. The number of hydrogen-bond donors (Lipinski definition) is 2. The fraction of sp³-hybridized carbons (Fsp3) is 0.636. The maximum absolute atomic E-state index is 9.56. The Hall–Kier alpha value is -1.16. The van der Waals surface area contributed by atoms with Gasteiger partial charge in [0.1, 0.15) is 5.82 Å². The van der Waals surface area contributed by atoms with Crippen LogP contribution in [0.5, 0.6) is 5.75 Å². The Morgan fingerprint density at radius 3 is 2.60 bits per heavy atom. The zero-order chi connectivity index (χ0) is 11.5. The topological polar surface area (TPSA) is 72.0 Å². The van der Waals surface area contributed by atoms with Crippen molar-refractivity contribution in [1.82, 2.24) is 9.97 Å². The lowest BCUT2D eigenvalue weighted by Gasteiger charge is -2.17. The molecular formula is C11H19N3O. The molecule has 0 aliphatic heterocycles. The number of rotatable bonds is 3. The third kappa shape index (κ3) is 3.16. The van der Waals surface area contributed by atoms with Crippen molar-refractivity contribution in [3.8, 4) is 5.75 Å².